The monoisotopic (exact) mass is 372 g/mol. The van der Waals surface area contributed by atoms with E-state index in [0.29, 0.717) is 33.8 Å². The average molecular weight is 372 g/mol. The Labute approximate surface area is 155 Å². The van der Waals surface area contributed by atoms with Gasteiger partial charge in [0.2, 0.25) is 0 Å². The van der Waals surface area contributed by atoms with Crippen LogP contribution in [0.2, 0.25) is 0 Å². The fourth-order valence-electron chi connectivity index (χ4n) is 4.73. The fraction of sp³-hybridized carbons (Fsp3) is 0.294. The Hall–Kier alpha value is -2.28. The maximum absolute atomic E-state index is 6.63. The van der Waals surface area contributed by atoms with Crippen LogP contribution < -0.4 is 55.9 Å². The van der Waals surface area contributed by atoms with E-state index in [1.54, 1.807) is 36.4 Å². The van der Waals surface area contributed by atoms with Crippen LogP contribution in [0.25, 0.3) is 0 Å². The van der Waals surface area contributed by atoms with Crippen LogP contribution in [0.3, 0.4) is 0 Å². The minimum atomic E-state index is -1.39. The van der Waals surface area contributed by atoms with Gasteiger partial charge >= 0.3 is 0 Å². The Kier molecular flexibility index (Phi) is 3.60. The summed E-state index contributed by atoms with van der Waals surface area (Å²) in [7, 11) is 0. The molecule has 4 rings (SSSR count). The van der Waals surface area contributed by atoms with Crippen LogP contribution in [0, 0.1) is 0 Å². The summed E-state index contributed by atoms with van der Waals surface area (Å²) in [6.45, 7) is 0. The van der Waals surface area contributed by atoms with Gasteiger partial charge in [-0.1, -0.05) is 12.1 Å². The van der Waals surface area contributed by atoms with E-state index in [-0.39, 0.29) is 0 Å². The molecule has 10 heteroatoms. The lowest BCUT2D eigenvalue weighted by Gasteiger charge is -2.41. The summed E-state index contributed by atoms with van der Waals surface area (Å²) in [6, 6.07) is 8.46. The third-order valence-corrected chi connectivity index (χ3v) is 6.09. The molecule has 0 fully saturated rings. The van der Waals surface area contributed by atoms with Crippen molar-refractivity contribution < 1.29 is 9.68 Å². The third kappa shape index (κ3) is 1.95. The molecule has 0 heterocycles. The minimum Gasteiger partial charge on any atom is -0.412 e. The summed E-state index contributed by atoms with van der Waals surface area (Å²) < 4.78 is 0. The lowest BCUT2D eigenvalue weighted by molar-refractivity contribution is 0.232. The molecule has 2 aromatic carbocycles. The Balaban J connectivity index is 2.13. The molecule has 2 atom stereocenters. The summed E-state index contributed by atoms with van der Waals surface area (Å²) in [5.41, 5.74) is 37.7. The van der Waals surface area contributed by atoms with E-state index in [0.717, 1.165) is 0 Å². The largest absolute Gasteiger partial charge is 0.412 e. The van der Waals surface area contributed by atoms with Gasteiger partial charge in [-0.3, -0.25) is 0 Å². The van der Waals surface area contributed by atoms with Crippen molar-refractivity contribution >= 4 is 0 Å². The molecule has 10 nitrogen and oxygen atoms in total. The molecular formula is C17H24N8O2. The van der Waals surface area contributed by atoms with Crippen molar-refractivity contribution in [1.82, 2.24) is 0 Å². The molecule has 0 aromatic heterocycles. The van der Waals surface area contributed by atoms with Crippen molar-refractivity contribution in [2.24, 2.45) is 46.2 Å². The van der Waals surface area contributed by atoms with Crippen molar-refractivity contribution in [3.63, 3.8) is 0 Å². The van der Waals surface area contributed by atoms with Crippen LogP contribution in [-0.2, 0) is 16.7 Å². The topological polar surface area (TPSA) is 227 Å². The van der Waals surface area contributed by atoms with E-state index in [4.69, 9.17) is 55.9 Å². The third-order valence-electron chi connectivity index (χ3n) is 6.09. The Morgan fingerprint density at radius 3 is 1.33 bits per heavy atom. The fourth-order valence-corrected chi connectivity index (χ4v) is 4.73. The molecule has 1 spiro atoms. The van der Waals surface area contributed by atoms with Crippen LogP contribution in [0.4, 0.5) is 0 Å². The molecule has 0 radical (unpaired) electrons. The zero-order chi connectivity index (χ0) is 19.8. The van der Waals surface area contributed by atoms with Gasteiger partial charge in [0.15, 0.2) is 0 Å². The summed E-state index contributed by atoms with van der Waals surface area (Å²) in [5, 5.41) is 0. The first-order valence-corrected chi connectivity index (χ1v) is 8.33. The van der Waals surface area contributed by atoms with E-state index in [2.05, 4.69) is 0 Å². The Bertz CT molecular complexity index is 854. The van der Waals surface area contributed by atoms with Crippen LogP contribution in [0.1, 0.15) is 22.3 Å². The van der Waals surface area contributed by atoms with Gasteiger partial charge in [0.1, 0.15) is 22.8 Å². The number of hydrogen-bond acceptors (Lipinski definition) is 10. The van der Waals surface area contributed by atoms with Crippen LogP contribution in [0.5, 0.6) is 11.5 Å². The van der Waals surface area contributed by atoms with Gasteiger partial charge in [-0.05, 0) is 46.5 Å². The smallest absolute Gasteiger partial charge is 0.147 e. The first-order valence-electron chi connectivity index (χ1n) is 8.33. The molecule has 16 N–H and O–H groups in total. The maximum atomic E-state index is 6.63. The van der Waals surface area contributed by atoms with E-state index in [1.807, 2.05) is 0 Å². The molecule has 27 heavy (non-hydrogen) atoms. The van der Waals surface area contributed by atoms with Gasteiger partial charge in [-0.2, -0.15) is 11.8 Å². The zero-order valence-electron chi connectivity index (χ0n) is 14.6. The molecular weight excluding hydrogens is 348 g/mol. The minimum absolute atomic E-state index is 0.393. The summed E-state index contributed by atoms with van der Waals surface area (Å²) >= 11 is 0. The Morgan fingerprint density at radius 1 is 0.630 bits per heavy atom. The molecule has 0 amide bonds. The Morgan fingerprint density at radius 2 is 1.00 bits per heavy atom. The standard InChI is InChI=1S/C17H24N8O2/c18-13-15(11-5-7(26-24)1-3-9(11)16(13,20)21)12-6-8(27-25)2-4-10(12)17(22,23)14(15)19/h1-6,13-14H,18-25H2. The van der Waals surface area contributed by atoms with E-state index in [9.17, 15) is 0 Å². The first kappa shape index (κ1) is 18.1. The quantitative estimate of drug-likeness (QED) is 0.201. The van der Waals surface area contributed by atoms with Crippen molar-refractivity contribution in [3.8, 4) is 11.5 Å². The van der Waals surface area contributed by atoms with E-state index < -0.39 is 28.8 Å². The molecule has 0 aliphatic heterocycles. The normalized spacial score (nSPS) is 29.5. The van der Waals surface area contributed by atoms with Gasteiger partial charge in [0.25, 0.3) is 0 Å². The molecule has 2 aliphatic rings. The van der Waals surface area contributed by atoms with Crippen molar-refractivity contribution in [1.29, 1.82) is 0 Å². The summed E-state index contributed by atoms with van der Waals surface area (Å²) in [5.74, 6) is 11.5. The van der Waals surface area contributed by atoms with E-state index in [1.165, 1.54) is 0 Å². The summed E-state index contributed by atoms with van der Waals surface area (Å²) in [4.78, 5) is 9.79. The van der Waals surface area contributed by atoms with Crippen LogP contribution >= 0.6 is 0 Å². The molecule has 0 bridgehead atoms. The lowest BCUT2D eigenvalue weighted by atomic mass is 9.69. The highest BCUT2D eigenvalue weighted by Gasteiger charge is 2.67. The van der Waals surface area contributed by atoms with Crippen molar-refractivity contribution in [3.05, 3.63) is 58.7 Å². The number of fused-ring (bicyclic) bond motifs is 4. The van der Waals surface area contributed by atoms with Gasteiger partial charge in [-0.15, -0.1) is 0 Å². The molecule has 2 aromatic rings. The zero-order valence-corrected chi connectivity index (χ0v) is 14.6. The van der Waals surface area contributed by atoms with E-state index >= 15 is 0 Å². The second kappa shape index (κ2) is 5.38. The maximum Gasteiger partial charge on any atom is 0.147 e. The van der Waals surface area contributed by atoms with Crippen molar-refractivity contribution in [2.75, 3.05) is 0 Å². The summed E-state index contributed by atoms with van der Waals surface area (Å²) in [6.07, 6.45) is 0. The second-order valence-electron chi connectivity index (χ2n) is 7.34. The van der Waals surface area contributed by atoms with Crippen LogP contribution in [-0.4, -0.2) is 12.1 Å². The second-order valence-corrected chi connectivity index (χ2v) is 7.34. The number of nitrogens with two attached hydrogens (primary N) is 8. The number of benzene rings is 2. The highest BCUT2D eigenvalue weighted by Crippen LogP contribution is 2.58. The van der Waals surface area contributed by atoms with Gasteiger partial charge in [0, 0.05) is 0 Å². The van der Waals surface area contributed by atoms with Gasteiger partial charge < -0.3 is 44.1 Å². The molecule has 0 saturated heterocycles. The van der Waals surface area contributed by atoms with Gasteiger partial charge in [0.05, 0.1) is 17.5 Å². The molecule has 2 aliphatic carbocycles. The average Bonchev–Trinajstić information content (AvgIpc) is 2.95. The SMILES string of the molecule is NOc1ccc2c(c1)C1(c3cc(ON)ccc3C(N)(N)C1N)C(N)C2(N)N. The molecule has 2 unspecified atom stereocenters. The number of rotatable bonds is 2. The predicted octanol–water partition coefficient (Wildman–Crippen LogP) is -2.70. The first-order chi connectivity index (χ1) is 12.6. The predicted molar refractivity (Wildman–Crippen MR) is 99.4 cm³/mol. The highest BCUT2D eigenvalue weighted by atomic mass is 16.6. The van der Waals surface area contributed by atoms with Gasteiger partial charge in [-0.25, -0.2) is 0 Å². The van der Waals surface area contributed by atoms with Crippen LogP contribution in [0.15, 0.2) is 36.4 Å². The molecule has 144 valence electrons. The lowest BCUT2D eigenvalue weighted by Crippen LogP contribution is -2.69. The highest BCUT2D eigenvalue weighted by molar-refractivity contribution is 5.66. The van der Waals surface area contributed by atoms with Crippen molar-refractivity contribution in [2.45, 2.75) is 28.8 Å². The molecule has 0 saturated carbocycles. The number of hydrogen-bond donors (Lipinski definition) is 8.